The maximum Gasteiger partial charge on any atom is 0.0596 e. The Balaban J connectivity index is 0.000000845. The minimum atomic E-state index is 0. The fourth-order valence-electron chi connectivity index (χ4n) is 1.43. The van der Waals surface area contributed by atoms with Crippen molar-refractivity contribution in [2.75, 3.05) is 0 Å². The molecular weight excluding hydrogens is 237 g/mol. The fourth-order valence-corrected chi connectivity index (χ4v) is 1.43. The summed E-state index contributed by atoms with van der Waals surface area (Å²) >= 11 is 0. The average Bonchev–Trinajstić information content (AvgIpc) is 2.50. The van der Waals surface area contributed by atoms with Gasteiger partial charge in [0, 0.05) is 32.7 Å². The maximum atomic E-state index is 4.36. The van der Waals surface area contributed by atoms with Crippen molar-refractivity contribution in [3.63, 3.8) is 0 Å². The molecule has 13 heavy (non-hydrogen) atoms. The van der Waals surface area contributed by atoms with Crippen molar-refractivity contribution in [2.45, 2.75) is 13.3 Å². The number of nitrogens with zero attached hydrogens (tertiary/aromatic N) is 2. The van der Waals surface area contributed by atoms with Gasteiger partial charge in [-0.2, -0.15) is 0 Å². The first-order valence-electron chi connectivity index (χ1n) is 4.10. The summed E-state index contributed by atoms with van der Waals surface area (Å²) in [6.45, 7) is 5.93. The van der Waals surface area contributed by atoms with Gasteiger partial charge in [-0.25, -0.2) is 6.92 Å². The molecule has 0 atom stereocenters. The van der Waals surface area contributed by atoms with Crippen molar-refractivity contribution in [1.29, 1.82) is 0 Å². The standard InChI is InChI=1S/C10H11N2.Y/c1-3-9-10-5-4-6-12(10)7-8(2)11-9;/h4-7H,2-3H2,1H3;/q-1;. The molecule has 0 aliphatic rings. The molecule has 0 unspecified atom stereocenters. The molecule has 0 fully saturated rings. The molecule has 0 aliphatic carbocycles. The zero-order valence-electron chi connectivity index (χ0n) is 7.70. The number of aryl methyl sites for hydroxylation is 1. The average molecular weight is 248 g/mol. The van der Waals surface area contributed by atoms with Crippen molar-refractivity contribution in [1.82, 2.24) is 9.38 Å². The van der Waals surface area contributed by atoms with Gasteiger partial charge in [0.15, 0.2) is 0 Å². The minimum Gasteiger partial charge on any atom is -0.401 e. The van der Waals surface area contributed by atoms with Crippen LogP contribution in [-0.2, 0) is 39.1 Å². The Morgan fingerprint density at radius 1 is 1.54 bits per heavy atom. The topological polar surface area (TPSA) is 17.3 Å². The molecule has 2 heterocycles. The fraction of sp³-hybridized carbons (Fsp3) is 0.200. The van der Waals surface area contributed by atoms with Gasteiger partial charge in [0.25, 0.3) is 0 Å². The molecule has 3 heteroatoms. The van der Waals surface area contributed by atoms with E-state index in [4.69, 9.17) is 0 Å². The maximum absolute atomic E-state index is 4.36. The van der Waals surface area contributed by atoms with Crippen LogP contribution in [0.1, 0.15) is 18.3 Å². The predicted molar refractivity (Wildman–Crippen MR) is 49.0 cm³/mol. The van der Waals surface area contributed by atoms with Gasteiger partial charge in [-0.15, -0.1) is 6.20 Å². The van der Waals surface area contributed by atoms with Gasteiger partial charge in [-0.1, -0.05) is 12.6 Å². The summed E-state index contributed by atoms with van der Waals surface area (Å²) in [6, 6.07) is 4.10. The van der Waals surface area contributed by atoms with Crippen LogP contribution >= 0.6 is 0 Å². The SMILES string of the molecule is [CH2-]c1cn2cccc2c(CC)n1.[Y]. The Labute approximate surface area is 103 Å². The summed E-state index contributed by atoms with van der Waals surface area (Å²) < 4.78 is 2.06. The second kappa shape index (κ2) is 4.25. The van der Waals surface area contributed by atoms with Crippen LogP contribution in [0.5, 0.6) is 0 Å². The van der Waals surface area contributed by atoms with E-state index in [1.165, 1.54) is 5.52 Å². The smallest absolute Gasteiger partial charge is 0.0596 e. The number of hydrogen-bond acceptors (Lipinski definition) is 1. The van der Waals surface area contributed by atoms with Crippen molar-refractivity contribution in [2.24, 2.45) is 0 Å². The Bertz CT molecular complexity index is 406. The van der Waals surface area contributed by atoms with Crippen molar-refractivity contribution < 1.29 is 32.7 Å². The van der Waals surface area contributed by atoms with Crippen LogP contribution in [0.3, 0.4) is 0 Å². The second-order valence-corrected chi connectivity index (χ2v) is 2.83. The molecule has 0 aromatic carbocycles. The van der Waals surface area contributed by atoms with Crippen LogP contribution < -0.4 is 0 Å². The van der Waals surface area contributed by atoms with Gasteiger partial charge >= 0.3 is 0 Å². The molecule has 2 aromatic rings. The second-order valence-electron chi connectivity index (χ2n) is 2.83. The van der Waals surface area contributed by atoms with E-state index in [-0.39, 0.29) is 32.7 Å². The Kier molecular flexibility index (Phi) is 3.51. The van der Waals surface area contributed by atoms with E-state index in [1.807, 2.05) is 18.5 Å². The van der Waals surface area contributed by atoms with E-state index in [1.54, 1.807) is 0 Å². The molecule has 0 aliphatic heterocycles. The van der Waals surface area contributed by atoms with Gasteiger partial charge in [0.05, 0.1) is 11.2 Å². The molecule has 65 valence electrons. The van der Waals surface area contributed by atoms with E-state index < -0.39 is 0 Å². The molecule has 0 N–H and O–H groups in total. The molecule has 0 amide bonds. The first-order chi connectivity index (χ1) is 5.81. The summed E-state index contributed by atoms with van der Waals surface area (Å²) in [5, 5.41) is 0. The van der Waals surface area contributed by atoms with Crippen molar-refractivity contribution in [3.05, 3.63) is 42.8 Å². The summed E-state index contributed by atoms with van der Waals surface area (Å²) in [6.07, 6.45) is 4.91. The molecule has 0 saturated carbocycles. The van der Waals surface area contributed by atoms with E-state index in [9.17, 15) is 0 Å². The minimum absolute atomic E-state index is 0. The molecule has 2 aromatic heterocycles. The van der Waals surface area contributed by atoms with E-state index >= 15 is 0 Å². The summed E-state index contributed by atoms with van der Waals surface area (Å²) in [4.78, 5) is 4.36. The van der Waals surface area contributed by atoms with Crippen LogP contribution in [0.25, 0.3) is 5.52 Å². The third kappa shape index (κ3) is 1.95. The zero-order valence-corrected chi connectivity index (χ0v) is 10.5. The van der Waals surface area contributed by atoms with Crippen LogP contribution in [0.15, 0.2) is 24.5 Å². The van der Waals surface area contributed by atoms with Crippen LogP contribution in [0, 0.1) is 6.92 Å². The van der Waals surface area contributed by atoms with Crippen LogP contribution in [-0.4, -0.2) is 9.38 Å². The van der Waals surface area contributed by atoms with Gasteiger partial charge in [0.2, 0.25) is 0 Å². The molecule has 1 radical (unpaired) electrons. The van der Waals surface area contributed by atoms with Crippen molar-refractivity contribution in [3.8, 4) is 0 Å². The predicted octanol–water partition coefficient (Wildman–Crippen LogP) is 2.08. The van der Waals surface area contributed by atoms with Gasteiger partial charge in [-0.3, -0.25) is 4.98 Å². The van der Waals surface area contributed by atoms with Crippen molar-refractivity contribution >= 4 is 5.52 Å². The number of hydrogen-bond donors (Lipinski definition) is 0. The molecular formula is C10H11N2Y-. The van der Waals surface area contributed by atoms with Gasteiger partial charge < -0.3 is 4.40 Å². The summed E-state index contributed by atoms with van der Waals surface area (Å²) in [7, 11) is 0. The monoisotopic (exact) mass is 248 g/mol. The first kappa shape index (κ1) is 10.7. The Morgan fingerprint density at radius 3 is 3.00 bits per heavy atom. The van der Waals surface area contributed by atoms with E-state index in [2.05, 4.69) is 29.3 Å². The van der Waals surface area contributed by atoms with Gasteiger partial charge in [0.1, 0.15) is 0 Å². The number of fused-ring (bicyclic) bond motifs is 1. The van der Waals surface area contributed by atoms with Gasteiger partial charge in [-0.05, 0) is 24.8 Å². The van der Waals surface area contributed by atoms with E-state index in [0.717, 1.165) is 17.8 Å². The molecule has 0 bridgehead atoms. The Hall–Kier alpha value is -0.336. The van der Waals surface area contributed by atoms with Crippen LogP contribution in [0.2, 0.25) is 0 Å². The molecule has 2 rings (SSSR count). The normalized spacial score (nSPS) is 9.92. The third-order valence-corrected chi connectivity index (χ3v) is 1.98. The number of aromatic nitrogens is 2. The Morgan fingerprint density at radius 2 is 2.31 bits per heavy atom. The number of rotatable bonds is 1. The quantitative estimate of drug-likeness (QED) is 0.706. The first-order valence-corrected chi connectivity index (χ1v) is 4.10. The molecule has 0 spiro atoms. The molecule has 2 nitrogen and oxygen atoms in total. The summed E-state index contributed by atoms with van der Waals surface area (Å²) in [5.41, 5.74) is 3.13. The summed E-state index contributed by atoms with van der Waals surface area (Å²) in [5.74, 6) is 0. The van der Waals surface area contributed by atoms with Crippen LogP contribution in [0.4, 0.5) is 0 Å². The largest absolute Gasteiger partial charge is 0.401 e. The van der Waals surface area contributed by atoms with E-state index in [0.29, 0.717) is 0 Å². The third-order valence-electron chi connectivity index (χ3n) is 1.98. The molecule has 0 saturated heterocycles. The zero-order chi connectivity index (χ0) is 8.55.